The molecule has 0 aliphatic heterocycles. The largest absolute Gasteiger partial charge is 0.489 e. The number of nitrogens with two attached hydrogens (primary N) is 1. The third kappa shape index (κ3) is 5.82. The molecule has 4 aromatic carbocycles. The second-order valence-corrected chi connectivity index (χ2v) is 8.75. The molecule has 0 saturated heterocycles. The standard InChI is InChI=1S/C31H27NO5/c32-18-21-7-6-9-23(13-21)28-15-22(19-35-26-10-2-1-3-11-26)14-25-16-27(37-31(25)28)20-36-29-12-5-4-8-24(29)17-30(33)34/h1-16H,17-20,32H2,(H,33,34). The Morgan fingerprint density at radius 3 is 2.43 bits per heavy atom. The molecule has 0 saturated carbocycles. The van der Waals surface area contributed by atoms with Gasteiger partial charge in [-0.1, -0.05) is 54.6 Å². The molecule has 5 aromatic rings. The predicted molar refractivity (Wildman–Crippen MR) is 142 cm³/mol. The van der Waals surface area contributed by atoms with Crippen LogP contribution in [-0.2, 0) is 31.0 Å². The number of aliphatic carboxylic acids is 1. The van der Waals surface area contributed by atoms with Gasteiger partial charge in [-0.3, -0.25) is 4.79 Å². The summed E-state index contributed by atoms with van der Waals surface area (Å²) in [6, 6.07) is 31.0. The van der Waals surface area contributed by atoms with Crippen LogP contribution in [0.25, 0.3) is 22.1 Å². The molecule has 0 aliphatic rings. The highest BCUT2D eigenvalue weighted by atomic mass is 16.5. The van der Waals surface area contributed by atoms with Crippen molar-refractivity contribution >= 4 is 16.9 Å². The number of carboxylic acids is 1. The molecule has 6 heteroatoms. The van der Waals surface area contributed by atoms with Crippen molar-refractivity contribution in [2.75, 3.05) is 0 Å². The van der Waals surface area contributed by atoms with E-state index in [4.69, 9.17) is 19.6 Å². The Morgan fingerprint density at radius 2 is 1.62 bits per heavy atom. The second-order valence-electron chi connectivity index (χ2n) is 8.75. The van der Waals surface area contributed by atoms with Gasteiger partial charge in [0, 0.05) is 23.1 Å². The number of benzene rings is 4. The lowest BCUT2D eigenvalue weighted by atomic mass is 9.99. The average Bonchev–Trinajstić information content (AvgIpc) is 3.34. The first-order chi connectivity index (χ1) is 18.1. The second kappa shape index (κ2) is 11.0. The summed E-state index contributed by atoms with van der Waals surface area (Å²) < 4.78 is 18.3. The summed E-state index contributed by atoms with van der Waals surface area (Å²) in [7, 11) is 0. The van der Waals surface area contributed by atoms with Crippen LogP contribution < -0.4 is 15.2 Å². The number of rotatable bonds is 10. The zero-order chi connectivity index (χ0) is 25.6. The zero-order valence-corrected chi connectivity index (χ0v) is 20.2. The SMILES string of the molecule is NCc1cccc(-c2cc(COc3ccccc3)cc3cc(COc4ccccc4CC(=O)O)oc23)c1. The molecule has 186 valence electrons. The van der Waals surface area contributed by atoms with Crippen LogP contribution in [0.15, 0.2) is 101 Å². The van der Waals surface area contributed by atoms with Gasteiger partial charge in [-0.25, -0.2) is 0 Å². The summed E-state index contributed by atoms with van der Waals surface area (Å²) >= 11 is 0. The Labute approximate surface area is 214 Å². The van der Waals surface area contributed by atoms with E-state index in [1.54, 1.807) is 18.2 Å². The normalized spacial score (nSPS) is 10.9. The van der Waals surface area contributed by atoms with Crippen molar-refractivity contribution in [1.82, 2.24) is 0 Å². The van der Waals surface area contributed by atoms with E-state index < -0.39 is 5.97 Å². The molecule has 1 aromatic heterocycles. The summed E-state index contributed by atoms with van der Waals surface area (Å²) in [6.07, 6.45) is -0.108. The fraction of sp³-hybridized carbons (Fsp3) is 0.129. The number of carbonyl (C=O) groups is 1. The van der Waals surface area contributed by atoms with E-state index in [2.05, 4.69) is 18.2 Å². The molecular formula is C31H27NO5. The highest BCUT2D eigenvalue weighted by Gasteiger charge is 2.15. The first kappa shape index (κ1) is 24.2. The van der Waals surface area contributed by atoms with Gasteiger partial charge in [0.2, 0.25) is 0 Å². The fourth-order valence-corrected chi connectivity index (χ4v) is 4.29. The zero-order valence-electron chi connectivity index (χ0n) is 20.2. The van der Waals surface area contributed by atoms with Crippen molar-refractivity contribution < 1.29 is 23.8 Å². The van der Waals surface area contributed by atoms with Gasteiger partial charge in [-0.2, -0.15) is 0 Å². The Kier molecular flexibility index (Phi) is 7.19. The van der Waals surface area contributed by atoms with Gasteiger partial charge >= 0.3 is 5.97 Å². The van der Waals surface area contributed by atoms with Gasteiger partial charge in [0.25, 0.3) is 0 Å². The number of carboxylic acid groups (broad SMARTS) is 1. The van der Waals surface area contributed by atoms with Crippen LogP contribution in [-0.4, -0.2) is 11.1 Å². The molecule has 1 heterocycles. The first-order valence-corrected chi connectivity index (χ1v) is 12.0. The molecule has 3 N–H and O–H groups in total. The Hall–Kier alpha value is -4.55. The number of hydrogen-bond donors (Lipinski definition) is 2. The third-order valence-electron chi connectivity index (χ3n) is 6.03. The highest BCUT2D eigenvalue weighted by Crippen LogP contribution is 2.34. The number of ether oxygens (including phenoxy) is 2. The van der Waals surface area contributed by atoms with E-state index in [0.717, 1.165) is 39.0 Å². The molecule has 0 atom stereocenters. The van der Waals surface area contributed by atoms with Crippen molar-refractivity contribution in [1.29, 1.82) is 0 Å². The van der Waals surface area contributed by atoms with Gasteiger partial charge in [-0.15, -0.1) is 0 Å². The van der Waals surface area contributed by atoms with Crippen molar-refractivity contribution in [3.05, 3.63) is 120 Å². The average molecular weight is 494 g/mol. The van der Waals surface area contributed by atoms with E-state index in [9.17, 15) is 9.90 Å². The maximum atomic E-state index is 11.2. The lowest BCUT2D eigenvalue weighted by Crippen LogP contribution is -2.03. The van der Waals surface area contributed by atoms with Crippen molar-refractivity contribution in [3.8, 4) is 22.6 Å². The summed E-state index contributed by atoms with van der Waals surface area (Å²) in [6.45, 7) is 1.02. The number of hydrogen-bond acceptors (Lipinski definition) is 5. The lowest BCUT2D eigenvalue weighted by molar-refractivity contribution is -0.136. The molecule has 0 unspecified atom stereocenters. The van der Waals surface area contributed by atoms with Gasteiger partial charge in [0.15, 0.2) is 0 Å². The fourth-order valence-electron chi connectivity index (χ4n) is 4.29. The van der Waals surface area contributed by atoms with Crippen LogP contribution in [0.4, 0.5) is 0 Å². The third-order valence-corrected chi connectivity index (χ3v) is 6.03. The van der Waals surface area contributed by atoms with Crippen LogP contribution in [0.3, 0.4) is 0 Å². The lowest BCUT2D eigenvalue weighted by Gasteiger charge is -2.10. The Balaban J connectivity index is 1.47. The van der Waals surface area contributed by atoms with E-state index in [1.807, 2.05) is 60.7 Å². The van der Waals surface area contributed by atoms with Crippen molar-refractivity contribution in [2.45, 2.75) is 26.2 Å². The molecule has 0 fully saturated rings. The van der Waals surface area contributed by atoms with Crippen LogP contribution in [0.5, 0.6) is 11.5 Å². The Bertz CT molecular complexity index is 1520. The van der Waals surface area contributed by atoms with Gasteiger partial charge in [0.1, 0.15) is 36.1 Å². The number of fused-ring (bicyclic) bond motifs is 1. The minimum atomic E-state index is -0.908. The molecule has 0 radical (unpaired) electrons. The molecule has 6 nitrogen and oxygen atoms in total. The molecule has 0 aliphatic carbocycles. The first-order valence-electron chi connectivity index (χ1n) is 12.0. The van der Waals surface area contributed by atoms with Crippen molar-refractivity contribution in [3.63, 3.8) is 0 Å². The smallest absolute Gasteiger partial charge is 0.307 e. The number of furan rings is 1. The van der Waals surface area contributed by atoms with E-state index in [1.165, 1.54) is 0 Å². The monoisotopic (exact) mass is 493 g/mol. The predicted octanol–water partition coefficient (Wildman–Crippen LogP) is 6.34. The van der Waals surface area contributed by atoms with E-state index in [-0.39, 0.29) is 13.0 Å². The summed E-state index contributed by atoms with van der Waals surface area (Å²) in [5, 5.41) is 10.1. The van der Waals surface area contributed by atoms with Crippen LogP contribution in [0.1, 0.15) is 22.5 Å². The van der Waals surface area contributed by atoms with E-state index in [0.29, 0.717) is 30.2 Å². The van der Waals surface area contributed by atoms with Crippen LogP contribution >= 0.6 is 0 Å². The molecular weight excluding hydrogens is 466 g/mol. The van der Waals surface area contributed by atoms with Crippen molar-refractivity contribution in [2.24, 2.45) is 5.73 Å². The van der Waals surface area contributed by atoms with Gasteiger partial charge in [-0.05, 0) is 59.2 Å². The highest BCUT2D eigenvalue weighted by molar-refractivity contribution is 5.93. The minimum Gasteiger partial charge on any atom is -0.489 e. The van der Waals surface area contributed by atoms with Crippen LogP contribution in [0.2, 0.25) is 0 Å². The van der Waals surface area contributed by atoms with E-state index >= 15 is 0 Å². The molecule has 37 heavy (non-hydrogen) atoms. The summed E-state index contributed by atoms with van der Waals surface area (Å²) in [5.41, 5.74) is 11.2. The molecule has 5 rings (SSSR count). The quantitative estimate of drug-likeness (QED) is 0.236. The maximum Gasteiger partial charge on any atom is 0.307 e. The topological polar surface area (TPSA) is 94.9 Å². The molecule has 0 amide bonds. The van der Waals surface area contributed by atoms with Crippen LogP contribution in [0, 0.1) is 0 Å². The summed E-state index contributed by atoms with van der Waals surface area (Å²) in [5.74, 6) is 1.06. The Morgan fingerprint density at radius 1 is 0.811 bits per heavy atom. The molecule has 0 spiro atoms. The molecule has 0 bridgehead atoms. The number of para-hydroxylation sites is 2. The van der Waals surface area contributed by atoms with Gasteiger partial charge in [0.05, 0.1) is 6.42 Å². The summed E-state index contributed by atoms with van der Waals surface area (Å²) in [4.78, 5) is 11.2. The maximum absolute atomic E-state index is 11.2. The minimum absolute atomic E-state index is 0.108. The van der Waals surface area contributed by atoms with Gasteiger partial charge < -0.3 is 24.7 Å².